The molecule has 3 rings (SSSR count). The van der Waals surface area contributed by atoms with Crippen LogP contribution in [0.5, 0.6) is 0 Å². The Hall–Kier alpha value is -2.44. The Balaban J connectivity index is 1.76. The van der Waals surface area contributed by atoms with E-state index < -0.39 is 0 Å². The van der Waals surface area contributed by atoms with Crippen LogP contribution < -0.4 is 4.90 Å². The van der Waals surface area contributed by atoms with Crippen molar-refractivity contribution in [3.63, 3.8) is 0 Å². The summed E-state index contributed by atoms with van der Waals surface area (Å²) in [6, 6.07) is 3.85. The highest BCUT2D eigenvalue weighted by atomic mass is 16.6. The van der Waals surface area contributed by atoms with Crippen molar-refractivity contribution in [3.05, 3.63) is 24.7 Å². The normalized spacial score (nSPS) is 15.3. The molecule has 0 aromatic carbocycles. The fourth-order valence-corrected chi connectivity index (χ4v) is 2.45. The van der Waals surface area contributed by atoms with E-state index >= 15 is 0 Å². The molecule has 1 amide bonds. The number of hydrogen-bond acceptors (Lipinski definition) is 6. The standard InChI is InChI=1S/C14H17N5O2/c1-2-21-14(20)19-8-6-18(7-9-19)13-11-4-3-5-15-12(11)16-10-17-13/h3-5,10H,2,6-9H2,1H3. The maximum atomic E-state index is 11.7. The molecule has 0 N–H and O–H groups in total. The van der Waals surface area contributed by atoms with E-state index in [1.165, 1.54) is 6.33 Å². The van der Waals surface area contributed by atoms with E-state index in [1.807, 2.05) is 19.1 Å². The Kier molecular flexibility index (Phi) is 3.81. The van der Waals surface area contributed by atoms with E-state index in [0.717, 1.165) is 24.3 Å². The molecule has 21 heavy (non-hydrogen) atoms. The molecule has 1 saturated heterocycles. The van der Waals surface area contributed by atoms with Gasteiger partial charge in [-0.1, -0.05) is 0 Å². The molecule has 0 spiro atoms. The second kappa shape index (κ2) is 5.90. The fraction of sp³-hybridized carbons (Fsp3) is 0.429. The molecule has 2 aromatic rings. The lowest BCUT2D eigenvalue weighted by Crippen LogP contribution is -2.49. The van der Waals surface area contributed by atoms with Crippen LogP contribution in [0.1, 0.15) is 6.92 Å². The van der Waals surface area contributed by atoms with Gasteiger partial charge in [0.1, 0.15) is 12.1 Å². The number of piperazine rings is 1. The monoisotopic (exact) mass is 287 g/mol. The number of carbonyl (C=O) groups is 1. The Morgan fingerprint density at radius 2 is 2.05 bits per heavy atom. The van der Waals surface area contributed by atoms with Crippen LogP contribution in [0.3, 0.4) is 0 Å². The van der Waals surface area contributed by atoms with Gasteiger partial charge in [0.05, 0.1) is 12.0 Å². The maximum Gasteiger partial charge on any atom is 0.409 e. The lowest BCUT2D eigenvalue weighted by atomic mass is 10.2. The smallest absolute Gasteiger partial charge is 0.409 e. The fourth-order valence-electron chi connectivity index (χ4n) is 2.45. The zero-order valence-electron chi connectivity index (χ0n) is 11.9. The molecule has 7 heteroatoms. The van der Waals surface area contributed by atoms with Gasteiger partial charge in [0, 0.05) is 32.4 Å². The summed E-state index contributed by atoms with van der Waals surface area (Å²) >= 11 is 0. The van der Waals surface area contributed by atoms with Crippen LogP contribution in [-0.2, 0) is 4.74 Å². The summed E-state index contributed by atoms with van der Waals surface area (Å²) in [7, 11) is 0. The zero-order chi connectivity index (χ0) is 14.7. The molecule has 0 unspecified atom stereocenters. The molecule has 1 fully saturated rings. The lowest BCUT2D eigenvalue weighted by molar-refractivity contribution is 0.105. The number of aromatic nitrogens is 3. The van der Waals surface area contributed by atoms with Crippen molar-refractivity contribution in [3.8, 4) is 0 Å². The van der Waals surface area contributed by atoms with Crippen LogP contribution in [0, 0.1) is 0 Å². The van der Waals surface area contributed by atoms with Crippen molar-refractivity contribution in [2.45, 2.75) is 6.92 Å². The average molecular weight is 287 g/mol. The molecule has 3 heterocycles. The molecular weight excluding hydrogens is 270 g/mol. The first-order chi connectivity index (χ1) is 10.3. The van der Waals surface area contributed by atoms with E-state index in [2.05, 4.69) is 19.9 Å². The van der Waals surface area contributed by atoms with E-state index in [1.54, 1.807) is 11.1 Å². The minimum atomic E-state index is -0.244. The molecular formula is C14H17N5O2. The molecule has 7 nitrogen and oxygen atoms in total. The SMILES string of the molecule is CCOC(=O)N1CCN(c2ncnc3ncccc23)CC1. The van der Waals surface area contributed by atoms with Crippen LogP contribution in [-0.4, -0.2) is 58.7 Å². The van der Waals surface area contributed by atoms with Gasteiger partial charge in [0.25, 0.3) is 0 Å². The average Bonchev–Trinajstić information content (AvgIpc) is 2.55. The zero-order valence-corrected chi connectivity index (χ0v) is 11.9. The van der Waals surface area contributed by atoms with Crippen molar-refractivity contribution in [2.24, 2.45) is 0 Å². The van der Waals surface area contributed by atoms with Crippen molar-refractivity contribution in [2.75, 3.05) is 37.7 Å². The van der Waals surface area contributed by atoms with Gasteiger partial charge in [-0.15, -0.1) is 0 Å². The van der Waals surface area contributed by atoms with E-state index in [4.69, 9.17) is 4.74 Å². The first-order valence-corrected chi connectivity index (χ1v) is 7.02. The summed E-state index contributed by atoms with van der Waals surface area (Å²) in [5.41, 5.74) is 0.690. The molecule has 110 valence electrons. The number of pyridine rings is 1. The highest BCUT2D eigenvalue weighted by Crippen LogP contribution is 2.22. The molecule has 2 aromatic heterocycles. The molecule has 0 bridgehead atoms. The first-order valence-electron chi connectivity index (χ1n) is 7.02. The molecule has 0 saturated carbocycles. The second-order valence-electron chi connectivity index (χ2n) is 4.74. The highest BCUT2D eigenvalue weighted by Gasteiger charge is 2.23. The van der Waals surface area contributed by atoms with Gasteiger partial charge < -0.3 is 14.5 Å². The van der Waals surface area contributed by atoms with Gasteiger partial charge in [-0.2, -0.15) is 0 Å². The van der Waals surface area contributed by atoms with Gasteiger partial charge in [-0.25, -0.2) is 19.7 Å². The number of ether oxygens (including phenoxy) is 1. The van der Waals surface area contributed by atoms with Crippen LogP contribution >= 0.6 is 0 Å². The summed E-state index contributed by atoms with van der Waals surface area (Å²) in [5.74, 6) is 0.872. The predicted octanol–water partition coefficient (Wildman–Crippen LogP) is 1.30. The quantitative estimate of drug-likeness (QED) is 0.829. The highest BCUT2D eigenvalue weighted by molar-refractivity contribution is 5.86. The van der Waals surface area contributed by atoms with Gasteiger partial charge >= 0.3 is 6.09 Å². The minimum Gasteiger partial charge on any atom is -0.450 e. The second-order valence-corrected chi connectivity index (χ2v) is 4.74. The Labute approximate surface area is 122 Å². The summed E-state index contributed by atoms with van der Waals surface area (Å²) in [4.78, 5) is 28.4. The Morgan fingerprint density at radius 1 is 1.24 bits per heavy atom. The van der Waals surface area contributed by atoms with E-state index in [-0.39, 0.29) is 6.09 Å². The summed E-state index contributed by atoms with van der Waals surface area (Å²) in [6.07, 6.45) is 3.01. The van der Waals surface area contributed by atoms with Crippen molar-refractivity contribution < 1.29 is 9.53 Å². The molecule has 1 aliphatic rings. The predicted molar refractivity (Wildman–Crippen MR) is 78.1 cm³/mol. The Bertz CT molecular complexity index is 635. The third-order valence-electron chi connectivity index (χ3n) is 3.49. The Morgan fingerprint density at radius 3 is 2.81 bits per heavy atom. The largest absolute Gasteiger partial charge is 0.450 e. The van der Waals surface area contributed by atoms with Gasteiger partial charge in [-0.05, 0) is 19.1 Å². The van der Waals surface area contributed by atoms with Crippen molar-refractivity contribution in [1.29, 1.82) is 0 Å². The molecule has 0 radical (unpaired) electrons. The third-order valence-corrected chi connectivity index (χ3v) is 3.49. The number of hydrogen-bond donors (Lipinski definition) is 0. The summed E-state index contributed by atoms with van der Waals surface area (Å²) in [5, 5.41) is 0.935. The number of nitrogens with zero attached hydrogens (tertiary/aromatic N) is 5. The van der Waals surface area contributed by atoms with Crippen LogP contribution in [0.2, 0.25) is 0 Å². The molecule has 0 aliphatic carbocycles. The summed E-state index contributed by atoms with van der Waals surface area (Å²) < 4.78 is 5.03. The van der Waals surface area contributed by atoms with Crippen LogP contribution in [0.15, 0.2) is 24.7 Å². The minimum absolute atomic E-state index is 0.244. The van der Waals surface area contributed by atoms with Gasteiger partial charge in [0.2, 0.25) is 0 Å². The molecule has 0 atom stereocenters. The lowest BCUT2D eigenvalue weighted by Gasteiger charge is -2.34. The molecule has 1 aliphatic heterocycles. The van der Waals surface area contributed by atoms with E-state index in [9.17, 15) is 4.79 Å². The van der Waals surface area contributed by atoms with Gasteiger partial charge in [0.15, 0.2) is 5.65 Å². The maximum absolute atomic E-state index is 11.7. The number of fused-ring (bicyclic) bond motifs is 1. The number of rotatable bonds is 2. The topological polar surface area (TPSA) is 71.5 Å². The third kappa shape index (κ3) is 2.72. The van der Waals surface area contributed by atoms with Crippen molar-refractivity contribution in [1.82, 2.24) is 19.9 Å². The number of anilines is 1. The summed E-state index contributed by atoms with van der Waals surface area (Å²) in [6.45, 7) is 4.92. The number of carbonyl (C=O) groups excluding carboxylic acids is 1. The van der Waals surface area contributed by atoms with E-state index in [0.29, 0.717) is 25.3 Å². The number of amides is 1. The van der Waals surface area contributed by atoms with Crippen LogP contribution in [0.25, 0.3) is 11.0 Å². The van der Waals surface area contributed by atoms with Crippen LogP contribution in [0.4, 0.5) is 10.6 Å². The first kappa shape index (κ1) is 13.5. The van der Waals surface area contributed by atoms with Crippen molar-refractivity contribution >= 4 is 22.9 Å². The van der Waals surface area contributed by atoms with Gasteiger partial charge in [-0.3, -0.25) is 0 Å².